The number of carbonyl (C=O) groups excluding carboxylic acids is 2. The van der Waals surface area contributed by atoms with Crippen LogP contribution in [0.2, 0.25) is 5.02 Å². The molecule has 6 nitrogen and oxygen atoms in total. The summed E-state index contributed by atoms with van der Waals surface area (Å²) in [4.78, 5) is 24.6. The number of ether oxygens (including phenoxy) is 3. The summed E-state index contributed by atoms with van der Waals surface area (Å²) in [5, 5.41) is 3.25. The number of hydrogen-bond donors (Lipinski definition) is 1. The number of nitrogens with one attached hydrogen (secondary N) is 1. The molecule has 1 heterocycles. The summed E-state index contributed by atoms with van der Waals surface area (Å²) in [5.74, 6) is 1.28. The van der Waals surface area contributed by atoms with Crippen LogP contribution >= 0.6 is 11.6 Å². The molecule has 0 radical (unpaired) electrons. The highest BCUT2D eigenvalue weighted by molar-refractivity contribution is 6.32. The molecule has 1 amide bonds. The number of fused-ring (bicyclic) bond motifs is 1. The number of hydrogen-bond acceptors (Lipinski definition) is 5. The molecular weight excluding hydrogens is 430 g/mol. The van der Waals surface area contributed by atoms with Crippen molar-refractivity contribution in [2.24, 2.45) is 0 Å². The Kier molecular flexibility index (Phi) is 6.92. The Labute approximate surface area is 191 Å². The lowest BCUT2D eigenvalue weighted by Gasteiger charge is -2.12. The van der Waals surface area contributed by atoms with Gasteiger partial charge in [-0.2, -0.15) is 0 Å². The molecule has 164 valence electrons. The number of rotatable bonds is 7. The van der Waals surface area contributed by atoms with Crippen molar-refractivity contribution in [3.05, 3.63) is 88.4 Å². The summed E-state index contributed by atoms with van der Waals surface area (Å²) in [6.07, 6.45) is 0.788. The van der Waals surface area contributed by atoms with Crippen molar-refractivity contribution < 1.29 is 23.8 Å². The summed E-state index contributed by atoms with van der Waals surface area (Å²) < 4.78 is 16.8. The quantitative estimate of drug-likeness (QED) is 0.538. The predicted octanol–water partition coefficient (Wildman–Crippen LogP) is 4.43. The monoisotopic (exact) mass is 451 g/mol. The van der Waals surface area contributed by atoms with E-state index in [0.717, 1.165) is 12.0 Å². The van der Waals surface area contributed by atoms with E-state index < -0.39 is 0 Å². The number of halogens is 1. The summed E-state index contributed by atoms with van der Waals surface area (Å²) in [6.45, 7) is 1.25. The van der Waals surface area contributed by atoms with E-state index >= 15 is 0 Å². The van der Waals surface area contributed by atoms with E-state index in [1.165, 1.54) is 0 Å². The first-order valence-corrected chi connectivity index (χ1v) is 10.7. The standard InChI is InChI=1S/C25H22ClNO5/c26-21-13-17(14-22-25(21)31-12-4-11-30-22)15-27-23(28)16-32-20-9-7-19(8-10-20)24(29)18-5-2-1-3-6-18/h1-3,5-10,13-14H,4,11-12,15-16H2,(H,27,28). The zero-order chi connectivity index (χ0) is 22.3. The smallest absolute Gasteiger partial charge is 0.258 e. The van der Waals surface area contributed by atoms with Crippen LogP contribution in [-0.4, -0.2) is 31.5 Å². The van der Waals surface area contributed by atoms with Gasteiger partial charge in [-0.1, -0.05) is 41.9 Å². The maximum absolute atomic E-state index is 12.4. The maximum atomic E-state index is 12.4. The van der Waals surface area contributed by atoms with Crippen molar-refractivity contribution in [2.45, 2.75) is 13.0 Å². The highest BCUT2D eigenvalue weighted by Crippen LogP contribution is 2.37. The molecule has 0 spiro atoms. The molecule has 0 bridgehead atoms. The van der Waals surface area contributed by atoms with Gasteiger partial charge in [0.25, 0.3) is 5.91 Å². The Bertz CT molecular complexity index is 1100. The van der Waals surface area contributed by atoms with E-state index in [4.69, 9.17) is 25.8 Å². The highest BCUT2D eigenvalue weighted by atomic mass is 35.5. The average molecular weight is 452 g/mol. The van der Waals surface area contributed by atoms with Crippen LogP contribution in [0.5, 0.6) is 17.2 Å². The van der Waals surface area contributed by atoms with Gasteiger partial charge in [-0.25, -0.2) is 0 Å². The fourth-order valence-electron chi connectivity index (χ4n) is 3.25. The van der Waals surface area contributed by atoms with Crippen LogP contribution in [0, 0.1) is 0 Å². The molecule has 1 aliphatic heterocycles. The molecule has 0 saturated carbocycles. The van der Waals surface area contributed by atoms with Crippen LogP contribution in [0.15, 0.2) is 66.7 Å². The lowest BCUT2D eigenvalue weighted by Crippen LogP contribution is -2.28. The Morgan fingerprint density at radius 1 is 0.938 bits per heavy atom. The van der Waals surface area contributed by atoms with Gasteiger partial charge < -0.3 is 19.5 Å². The Morgan fingerprint density at radius 2 is 1.66 bits per heavy atom. The summed E-state index contributed by atoms with van der Waals surface area (Å²) in [6, 6.07) is 19.3. The first kappa shape index (κ1) is 21.7. The molecule has 0 aliphatic carbocycles. The predicted molar refractivity (Wildman–Crippen MR) is 121 cm³/mol. The Hall–Kier alpha value is -3.51. The van der Waals surface area contributed by atoms with Crippen molar-refractivity contribution in [3.63, 3.8) is 0 Å². The number of benzene rings is 3. The van der Waals surface area contributed by atoms with Crippen molar-refractivity contribution >= 4 is 23.3 Å². The second-order valence-corrected chi connectivity index (χ2v) is 7.65. The van der Waals surface area contributed by atoms with Crippen LogP contribution in [0.3, 0.4) is 0 Å². The fourth-order valence-corrected chi connectivity index (χ4v) is 3.53. The summed E-state index contributed by atoms with van der Waals surface area (Å²) in [7, 11) is 0. The lowest BCUT2D eigenvalue weighted by molar-refractivity contribution is -0.123. The molecule has 0 fully saturated rings. The van der Waals surface area contributed by atoms with Crippen molar-refractivity contribution in [1.29, 1.82) is 0 Å². The second kappa shape index (κ2) is 10.2. The van der Waals surface area contributed by atoms with Gasteiger partial charge in [-0.05, 0) is 42.0 Å². The van der Waals surface area contributed by atoms with Gasteiger partial charge in [0, 0.05) is 24.1 Å². The van der Waals surface area contributed by atoms with Crippen LogP contribution < -0.4 is 19.5 Å². The van der Waals surface area contributed by atoms with Gasteiger partial charge in [0.15, 0.2) is 23.9 Å². The molecule has 3 aromatic carbocycles. The Morgan fingerprint density at radius 3 is 2.44 bits per heavy atom. The minimum atomic E-state index is -0.280. The second-order valence-electron chi connectivity index (χ2n) is 7.24. The molecule has 0 saturated heterocycles. The van der Waals surface area contributed by atoms with E-state index in [0.29, 0.717) is 46.6 Å². The van der Waals surface area contributed by atoms with Crippen molar-refractivity contribution in [3.8, 4) is 17.2 Å². The van der Waals surface area contributed by atoms with Crippen LogP contribution in [0.25, 0.3) is 0 Å². The first-order valence-electron chi connectivity index (χ1n) is 10.3. The van der Waals surface area contributed by atoms with Crippen LogP contribution in [0.4, 0.5) is 0 Å². The van der Waals surface area contributed by atoms with Gasteiger partial charge in [-0.15, -0.1) is 0 Å². The van der Waals surface area contributed by atoms with Gasteiger partial charge in [0.05, 0.1) is 18.2 Å². The third-order valence-electron chi connectivity index (χ3n) is 4.87. The van der Waals surface area contributed by atoms with Gasteiger partial charge in [0.2, 0.25) is 0 Å². The molecule has 4 rings (SSSR count). The zero-order valence-corrected chi connectivity index (χ0v) is 18.1. The highest BCUT2D eigenvalue weighted by Gasteiger charge is 2.16. The van der Waals surface area contributed by atoms with E-state index in [9.17, 15) is 9.59 Å². The summed E-state index contributed by atoms with van der Waals surface area (Å²) >= 11 is 6.28. The van der Waals surface area contributed by atoms with Crippen molar-refractivity contribution in [2.75, 3.05) is 19.8 Å². The summed E-state index contributed by atoms with van der Waals surface area (Å²) in [5.41, 5.74) is 1.98. The molecule has 1 aliphatic rings. The number of ketones is 1. The molecule has 7 heteroatoms. The van der Waals surface area contributed by atoms with Gasteiger partial charge in [0.1, 0.15) is 5.75 Å². The van der Waals surface area contributed by atoms with E-state index in [-0.39, 0.29) is 24.8 Å². The van der Waals surface area contributed by atoms with Crippen molar-refractivity contribution in [1.82, 2.24) is 5.32 Å². The zero-order valence-electron chi connectivity index (χ0n) is 17.3. The van der Waals surface area contributed by atoms with E-state index in [1.54, 1.807) is 42.5 Å². The SMILES string of the molecule is O=C(COc1ccc(C(=O)c2ccccc2)cc1)NCc1cc(Cl)c2c(c1)OCCCO2. The molecule has 3 aromatic rings. The number of carbonyl (C=O) groups is 2. The number of amides is 1. The molecule has 1 N–H and O–H groups in total. The Balaban J connectivity index is 1.28. The molecular formula is C25H22ClNO5. The van der Waals surface area contributed by atoms with Crippen LogP contribution in [0.1, 0.15) is 27.9 Å². The fraction of sp³-hybridized carbons (Fsp3) is 0.200. The largest absolute Gasteiger partial charge is 0.489 e. The van der Waals surface area contributed by atoms with E-state index in [1.807, 2.05) is 24.3 Å². The first-order chi connectivity index (χ1) is 15.6. The third kappa shape index (κ3) is 5.39. The normalized spacial score (nSPS) is 12.5. The molecule has 0 atom stereocenters. The molecule has 32 heavy (non-hydrogen) atoms. The van der Waals surface area contributed by atoms with E-state index in [2.05, 4.69) is 5.32 Å². The molecule has 0 unspecified atom stereocenters. The van der Waals surface area contributed by atoms with Crippen LogP contribution in [-0.2, 0) is 11.3 Å². The minimum absolute atomic E-state index is 0.0660. The molecule has 0 aromatic heterocycles. The minimum Gasteiger partial charge on any atom is -0.489 e. The topological polar surface area (TPSA) is 73.9 Å². The third-order valence-corrected chi connectivity index (χ3v) is 5.15. The lowest BCUT2D eigenvalue weighted by atomic mass is 10.0. The maximum Gasteiger partial charge on any atom is 0.258 e. The van der Waals surface area contributed by atoms with Gasteiger partial charge in [-0.3, -0.25) is 9.59 Å². The average Bonchev–Trinajstić information content (AvgIpc) is 3.08. The van der Waals surface area contributed by atoms with Gasteiger partial charge >= 0.3 is 0 Å².